The second-order valence-corrected chi connectivity index (χ2v) is 7.70. The number of hydrogen-bond donors (Lipinski definition) is 0. The number of benzene rings is 2. The SMILES string of the molecule is CCN(C)C=Nc1cc(C)c(C(=O)Cc2ccc(SC(F)(F)F)cc2)cc1C. The summed E-state index contributed by atoms with van der Waals surface area (Å²) in [5, 5.41) is 0. The molecule has 0 unspecified atom stereocenters. The minimum Gasteiger partial charge on any atom is -0.366 e. The van der Waals surface area contributed by atoms with Gasteiger partial charge in [-0.3, -0.25) is 4.79 Å². The van der Waals surface area contributed by atoms with E-state index in [9.17, 15) is 18.0 Å². The van der Waals surface area contributed by atoms with Crippen LogP contribution in [0.5, 0.6) is 0 Å². The molecule has 0 heterocycles. The summed E-state index contributed by atoms with van der Waals surface area (Å²) < 4.78 is 37.2. The van der Waals surface area contributed by atoms with Crippen molar-refractivity contribution in [1.29, 1.82) is 0 Å². The van der Waals surface area contributed by atoms with Gasteiger partial charge in [0.15, 0.2) is 5.78 Å². The first kappa shape index (κ1) is 22.0. The quantitative estimate of drug-likeness (QED) is 0.246. The summed E-state index contributed by atoms with van der Waals surface area (Å²) in [6.07, 6.45) is 1.89. The summed E-state index contributed by atoms with van der Waals surface area (Å²) in [6, 6.07) is 9.61. The molecule has 0 atom stereocenters. The van der Waals surface area contributed by atoms with Gasteiger partial charge in [0.05, 0.1) is 12.0 Å². The lowest BCUT2D eigenvalue weighted by Crippen LogP contribution is -2.14. The minimum absolute atomic E-state index is 0.0713. The molecule has 0 bridgehead atoms. The van der Waals surface area contributed by atoms with E-state index in [1.807, 2.05) is 44.9 Å². The molecule has 7 heteroatoms. The predicted molar refractivity (Wildman–Crippen MR) is 109 cm³/mol. The maximum Gasteiger partial charge on any atom is 0.446 e. The summed E-state index contributed by atoms with van der Waals surface area (Å²) in [7, 11) is 1.93. The summed E-state index contributed by atoms with van der Waals surface area (Å²) in [4.78, 5) is 19.2. The highest BCUT2D eigenvalue weighted by Crippen LogP contribution is 2.36. The van der Waals surface area contributed by atoms with Gasteiger partial charge in [0.25, 0.3) is 0 Å². The zero-order chi connectivity index (χ0) is 20.9. The normalized spacial score (nSPS) is 11.8. The molecule has 0 spiro atoms. The Balaban J connectivity index is 2.14. The largest absolute Gasteiger partial charge is 0.446 e. The van der Waals surface area contributed by atoms with E-state index in [2.05, 4.69) is 4.99 Å². The number of halogens is 3. The van der Waals surface area contributed by atoms with Crippen LogP contribution in [0.25, 0.3) is 0 Å². The van der Waals surface area contributed by atoms with Crippen LogP contribution in [-0.4, -0.2) is 36.1 Å². The van der Waals surface area contributed by atoms with Crippen molar-refractivity contribution in [2.45, 2.75) is 37.6 Å². The zero-order valence-corrected chi connectivity index (χ0v) is 17.1. The van der Waals surface area contributed by atoms with Gasteiger partial charge in [-0.2, -0.15) is 13.2 Å². The van der Waals surface area contributed by atoms with Crippen LogP contribution in [0.4, 0.5) is 18.9 Å². The molecule has 28 heavy (non-hydrogen) atoms. The second-order valence-electron chi connectivity index (χ2n) is 6.56. The molecular formula is C21H23F3N2OS. The Labute approximate surface area is 167 Å². The molecule has 0 amide bonds. The Hall–Kier alpha value is -2.28. The fourth-order valence-corrected chi connectivity index (χ4v) is 3.11. The van der Waals surface area contributed by atoms with Crippen molar-refractivity contribution in [2.75, 3.05) is 13.6 Å². The lowest BCUT2D eigenvalue weighted by molar-refractivity contribution is -0.0328. The summed E-state index contributed by atoms with van der Waals surface area (Å²) >= 11 is -0.163. The molecule has 3 nitrogen and oxygen atoms in total. The van der Waals surface area contributed by atoms with Crippen molar-refractivity contribution in [3.63, 3.8) is 0 Å². The number of Topliss-reactive ketones (excluding diaryl/α,β-unsaturated/α-hetero) is 1. The number of alkyl halides is 3. The van der Waals surface area contributed by atoms with Gasteiger partial charge < -0.3 is 4.90 Å². The summed E-state index contributed by atoms with van der Waals surface area (Å²) in [5.41, 5.74) is -0.503. The number of carbonyl (C=O) groups is 1. The average Bonchev–Trinajstić information content (AvgIpc) is 2.62. The zero-order valence-electron chi connectivity index (χ0n) is 16.3. The van der Waals surface area contributed by atoms with Crippen LogP contribution in [0, 0.1) is 13.8 Å². The van der Waals surface area contributed by atoms with Gasteiger partial charge in [0.2, 0.25) is 0 Å². The molecule has 0 aliphatic heterocycles. The van der Waals surface area contributed by atoms with E-state index >= 15 is 0 Å². The lowest BCUT2D eigenvalue weighted by atomic mass is 9.96. The average molecular weight is 408 g/mol. The molecule has 0 radical (unpaired) electrons. The molecule has 0 saturated carbocycles. The van der Waals surface area contributed by atoms with E-state index in [1.165, 1.54) is 12.1 Å². The second kappa shape index (κ2) is 9.28. The molecule has 0 saturated heterocycles. The smallest absolute Gasteiger partial charge is 0.366 e. The van der Waals surface area contributed by atoms with Crippen LogP contribution in [-0.2, 0) is 6.42 Å². The van der Waals surface area contributed by atoms with Gasteiger partial charge >= 0.3 is 5.51 Å². The number of ketones is 1. The van der Waals surface area contributed by atoms with E-state index in [4.69, 9.17) is 0 Å². The van der Waals surface area contributed by atoms with Gasteiger partial charge in [-0.25, -0.2) is 4.99 Å². The standard InChI is InChI=1S/C21H23F3N2OS/c1-5-26(4)13-25-19-11-14(2)18(10-15(19)3)20(27)12-16-6-8-17(9-7-16)28-21(22,23)24/h6-11,13H,5,12H2,1-4H3. The third-order valence-corrected chi connectivity index (χ3v) is 5.00. The van der Waals surface area contributed by atoms with Gasteiger partial charge in [-0.1, -0.05) is 12.1 Å². The van der Waals surface area contributed by atoms with E-state index in [0.29, 0.717) is 11.1 Å². The Bertz CT molecular complexity index is 861. The van der Waals surface area contributed by atoms with Crippen molar-refractivity contribution >= 4 is 29.6 Å². The van der Waals surface area contributed by atoms with Gasteiger partial charge in [0.1, 0.15) is 0 Å². The number of rotatable bonds is 7. The number of thioether (sulfide) groups is 1. The maximum atomic E-state index is 12.7. The van der Waals surface area contributed by atoms with Crippen molar-refractivity contribution in [3.8, 4) is 0 Å². The summed E-state index contributed by atoms with van der Waals surface area (Å²) in [6.45, 7) is 6.63. The molecule has 2 aromatic carbocycles. The third kappa shape index (κ3) is 6.41. The van der Waals surface area contributed by atoms with Gasteiger partial charge in [-0.05, 0) is 73.5 Å². The molecule has 2 aromatic rings. The topological polar surface area (TPSA) is 32.7 Å². The highest BCUT2D eigenvalue weighted by Gasteiger charge is 2.29. The van der Waals surface area contributed by atoms with E-state index < -0.39 is 5.51 Å². The number of nitrogens with zero attached hydrogens (tertiary/aromatic N) is 2. The Morgan fingerprint density at radius 3 is 2.36 bits per heavy atom. The summed E-state index contributed by atoms with van der Waals surface area (Å²) in [5.74, 6) is -0.0713. The molecule has 0 aromatic heterocycles. The first-order valence-electron chi connectivity index (χ1n) is 8.82. The van der Waals surface area contributed by atoms with Crippen LogP contribution in [0.3, 0.4) is 0 Å². The first-order valence-corrected chi connectivity index (χ1v) is 9.64. The van der Waals surface area contributed by atoms with Crippen molar-refractivity contribution < 1.29 is 18.0 Å². The molecule has 150 valence electrons. The third-order valence-electron chi connectivity index (χ3n) is 4.26. The Morgan fingerprint density at radius 1 is 1.14 bits per heavy atom. The van der Waals surface area contributed by atoms with Crippen molar-refractivity contribution in [1.82, 2.24) is 4.90 Å². The minimum atomic E-state index is -4.32. The molecule has 0 fully saturated rings. The number of aryl methyl sites for hydroxylation is 2. The van der Waals surface area contributed by atoms with Crippen LogP contribution in [0.2, 0.25) is 0 Å². The fourth-order valence-electron chi connectivity index (χ4n) is 2.57. The molecule has 0 N–H and O–H groups in total. The Kier molecular flexibility index (Phi) is 7.29. The van der Waals surface area contributed by atoms with Crippen molar-refractivity contribution in [2.24, 2.45) is 4.99 Å². The van der Waals surface area contributed by atoms with Crippen LogP contribution >= 0.6 is 11.8 Å². The van der Waals surface area contributed by atoms with E-state index in [-0.39, 0.29) is 28.9 Å². The maximum absolute atomic E-state index is 12.7. The molecule has 0 aliphatic rings. The first-order chi connectivity index (χ1) is 13.1. The van der Waals surface area contributed by atoms with E-state index in [1.54, 1.807) is 18.5 Å². The number of aliphatic imine (C=N–C) groups is 1. The highest BCUT2D eigenvalue weighted by atomic mass is 32.2. The van der Waals surface area contributed by atoms with Crippen LogP contribution in [0.1, 0.15) is 34.0 Å². The molecule has 2 rings (SSSR count). The number of carbonyl (C=O) groups excluding carboxylic acids is 1. The monoisotopic (exact) mass is 408 g/mol. The molecule has 0 aliphatic carbocycles. The van der Waals surface area contributed by atoms with Crippen molar-refractivity contribution in [3.05, 3.63) is 58.7 Å². The Morgan fingerprint density at radius 2 is 1.79 bits per heavy atom. The van der Waals surface area contributed by atoms with Gasteiger partial charge in [0, 0.05) is 30.5 Å². The number of hydrogen-bond acceptors (Lipinski definition) is 3. The van der Waals surface area contributed by atoms with Gasteiger partial charge in [-0.15, -0.1) is 0 Å². The van der Waals surface area contributed by atoms with Crippen LogP contribution < -0.4 is 0 Å². The highest BCUT2D eigenvalue weighted by molar-refractivity contribution is 8.00. The molecular weight excluding hydrogens is 385 g/mol. The van der Waals surface area contributed by atoms with E-state index in [0.717, 1.165) is 23.4 Å². The fraction of sp³-hybridized carbons (Fsp3) is 0.333. The van der Waals surface area contributed by atoms with Crippen LogP contribution in [0.15, 0.2) is 46.3 Å². The lowest BCUT2D eigenvalue weighted by Gasteiger charge is -2.12. The predicted octanol–water partition coefficient (Wildman–Crippen LogP) is 5.95.